The molecule has 1 amide bonds. The van der Waals surface area contributed by atoms with E-state index in [9.17, 15) is 4.79 Å². The maximum atomic E-state index is 12.1. The molecule has 1 heterocycles. The first kappa shape index (κ1) is 13.2. The second kappa shape index (κ2) is 5.63. The van der Waals surface area contributed by atoms with E-state index in [0.717, 1.165) is 31.4 Å². The minimum absolute atomic E-state index is 0.0703. The maximum Gasteiger partial charge on any atom is 0.231 e. The first-order valence-electron chi connectivity index (χ1n) is 6.14. The van der Waals surface area contributed by atoms with Crippen LogP contribution in [0.2, 0.25) is 5.15 Å². The molecule has 5 nitrogen and oxygen atoms in total. The third-order valence-corrected chi connectivity index (χ3v) is 3.41. The number of nitrogens with one attached hydrogen (secondary N) is 1. The van der Waals surface area contributed by atoms with Gasteiger partial charge in [-0.1, -0.05) is 24.4 Å². The van der Waals surface area contributed by atoms with Gasteiger partial charge in [-0.2, -0.15) is 0 Å². The van der Waals surface area contributed by atoms with E-state index >= 15 is 0 Å². The van der Waals surface area contributed by atoms with Crippen LogP contribution in [0.25, 0.3) is 0 Å². The van der Waals surface area contributed by atoms with Crippen molar-refractivity contribution in [2.45, 2.75) is 38.6 Å². The summed E-state index contributed by atoms with van der Waals surface area (Å²) in [4.78, 5) is 20.2. The van der Waals surface area contributed by atoms with Gasteiger partial charge >= 0.3 is 0 Å². The van der Waals surface area contributed by atoms with Crippen LogP contribution in [0.5, 0.6) is 0 Å². The third kappa shape index (κ3) is 3.17. The lowest BCUT2D eigenvalue weighted by molar-refractivity contribution is -0.121. The van der Waals surface area contributed by atoms with Crippen LogP contribution in [-0.2, 0) is 4.79 Å². The molecular weight excluding hydrogens is 252 g/mol. The van der Waals surface area contributed by atoms with Crippen LogP contribution in [0.15, 0.2) is 6.07 Å². The minimum Gasteiger partial charge on any atom is -0.327 e. The molecule has 0 saturated heterocycles. The average molecular weight is 269 g/mol. The highest BCUT2D eigenvalue weighted by Gasteiger charge is 2.28. The highest BCUT2D eigenvalue weighted by atomic mass is 35.5. The van der Waals surface area contributed by atoms with Gasteiger partial charge in [0.15, 0.2) is 0 Å². The number of anilines is 1. The molecule has 0 bridgehead atoms. The van der Waals surface area contributed by atoms with Gasteiger partial charge in [-0.25, -0.2) is 9.97 Å². The molecule has 3 N–H and O–H groups in total. The number of hydrogen-bond acceptors (Lipinski definition) is 4. The van der Waals surface area contributed by atoms with Gasteiger partial charge in [0.25, 0.3) is 0 Å². The van der Waals surface area contributed by atoms with Gasteiger partial charge < -0.3 is 5.73 Å². The predicted octanol–water partition coefficient (Wildman–Crippen LogP) is 1.89. The summed E-state index contributed by atoms with van der Waals surface area (Å²) in [5.74, 6) is -0.00622. The van der Waals surface area contributed by atoms with Crippen LogP contribution < -0.4 is 11.1 Å². The molecule has 2 atom stereocenters. The Morgan fingerprint density at radius 2 is 2.17 bits per heavy atom. The minimum atomic E-state index is -0.151. The average Bonchev–Trinajstić information content (AvgIpc) is 2.27. The first-order valence-corrected chi connectivity index (χ1v) is 6.51. The smallest absolute Gasteiger partial charge is 0.231 e. The Labute approximate surface area is 111 Å². The van der Waals surface area contributed by atoms with Crippen molar-refractivity contribution < 1.29 is 4.79 Å². The molecule has 18 heavy (non-hydrogen) atoms. The molecule has 1 fully saturated rings. The van der Waals surface area contributed by atoms with Crippen LogP contribution in [0, 0.1) is 12.8 Å². The van der Waals surface area contributed by atoms with E-state index in [0.29, 0.717) is 5.15 Å². The highest BCUT2D eigenvalue weighted by Crippen LogP contribution is 2.24. The number of halogens is 1. The Morgan fingerprint density at radius 3 is 2.83 bits per heavy atom. The number of carbonyl (C=O) groups excluding carboxylic acids is 1. The largest absolute Gasteiger partial charge is 0.327 e. The number of nitrogens with zero attached hydrogens (tertiary/aromatic N) is 2. The zero-order valence-electron chi connectivity index (χ0n) is 10.3. The Hall–Kier alpha value is -1.20. The van der Waals surface area contributed by atoms with E-state index in [1.165, 1.54) is 0 Å². The summed E-state index contributed by atoms with van der Waals surface area (Å²) in [6.07, 6.45) is 3.86. The number of carbonyl (C=O) groups is 1. The van der Waals surface area contributed by atoms with Gasteiger partial charge in [0, 0.05) is 11.7 Å². The molecule has 2 rings (SSSR count). The zero-order valence-corrected chi connectivity index (χ0v) is 11.1. The lowest BCUT2D eigenvalue weighted by Gasteiger charge is -2.27. The van der Waals surface area contributed by atoms with E-state index in [-0.39, 0.29) is 23.8 Å². The normalized spacial score (nSPS) is 23.7. The Morgan fingerprint density at radius 1 is 1.44 bits per heavy atom. The quantitative estimate of drug-likeness (QED) is 0.803. The van der Waals surface area contributed by atoms with Crippen molar-refractivity contribution in [2.75, 3.05) is 5.32 Å². The van der Waals surface area contributed by atoms with Crippen LogP contribution in [0.3, 0.4) is 0 Å². The number of hydrogen-bond donors (Lipinski definition) is 2. The monoisotopic (exact) mass is 268 g/mol. The fourth-order valence-corrected chi connectivity index (χ4v) is 2.51. The molecule has 1 saturated carbocycles. The van der Waals surface area contributed by atoms with Crippen molar-refractivity contribution in [2.24, 2.45) is 11.7 Å². The summed E-state index contributed by atoms with van der Waals surface area (Å²) in [5, 5.41) is 3.02. The summed E-state index contributed by atoms with van der Waals surface area (Å²) >= 11 is 5.82. The molecule has 1 aromatic rings. The number of aromatic nitrogens is 2. The Bertz CT molecular complexity index is 431. The van der Waals surface area contributed by atoms with Crippen molar-refractivity contribution in [1.82, 2.24) is 9.97 Å². The van der Waals surface area contributed by atoms with Gasteiger partial charge in [-0.3, -0.25) is 10.1 Å². The standard InChI is InChI=1S/C12H17ClN4O/c1-7-6-10(13)16-12(15-7)17-11(18)8-4-2-3-5-9(8)14/h6,8-9H,2-5,14H2,1H3,(H,15,16,17,18). The molecular formula is C12H17ClN4O. The molecule has 0 aromatic carbocycles. The number of aryl methyl sites for hydroxylation is 1. The fourth-order valence-electron chi connectivity index (χ4n) is 2.27. The second-order valence-electron chi connectivity index (χ2n) is 4.70. The van der Waals surface area contributed by atoms with Crippen molar-refractivity contribution in [3.63, 3.8) is 0 Å². The van der Waals surface area contributed by atoms with Gasteiger partial charge in [0.1, 0.15) is 5.15 Å². The fraction of sp³-hybridized carbons (Fsp3) is 0.583. The van der Waals surface area contributed by atoms with Gasteiger partial charge in [0.2, 0.25) is 11.9 Å². The molecule has 6 heteroatoms. The SMILES string of the molecule is Cc1cc(Cl)nc(NC(=O)C2CCCCC2N)n1. The van der Waals surface area contributed by atoms with E-state index < -0.39 is 0 Å². The summed E-state index contributed by atoms with van der Waals surface area (Å²) in [6.45, 7) is 1.80. The van der Waals surface area contributed by atoms with Gasteiger partial charge in [-0.05, 0) is 25.8 Å². The second-order valence-corrected chi connectivity index (χ2v) is 5.09. The van der Waals surface area contributed by atoms with Crippen molar-refractivity contribution in [1.29, 1.82) is 0 Å². The number of amides is 1. The third-order valence-electron chi connectivity index (χ3n) is 3.21. The Kier molecular flexibility index (Phi) is 4.14. The number of rotatable bonds is 2. The van der Waals surface area contributed by atoms with E-state index in [1.54, 1.807) is 13.0 Å². The van der Waals surface area contributed by atoms with Crippen molar-refractivity contribution >= 4 is 23.5 Å². The summed E-state index contributed by atoms with van der Waals surface area (Å²) in [6, 6.07) is 1.57. The van der Waals surface area contributed by atoms with Crippen LogP contribution >= 0.6 is 11.6 Å². The highest BCUT2D eigenvalue weighted by molar-refractivity contribution is 6.29. The lowest BCUT2D eigenvalue weighted by Crippen LogP contribution is -2.41. The first-order chi connectivity index (χ1) is 8.56. The lowest BCUT2D eigenvalue weighted by atomic mass is 9.84. The predicted molar refractivity (Wildman–Crippen MR) is 70.3 cm³/mol. The molecule has 0 aliphatic heterocycles. The summed E-state index contributed by atoms with van der Waals surface area (Å²) in [5.41, 5.74) is 6.69. The van der Waals surface area contributed by atoms with Crippen molar-refractivity contribution in [3.8, 4) is 0 Å². The van der Waals surface area contributed by atoms with E-state index in [4.69, 9.17) is 17.3 Å². The van der Waals surface area contributed by atoms with E-state index in [1.807, 2.05) is 0 Å². The maximum absolute atomic E-state index is 12.1. The van der Waals surface area contributed by atoms with Crippen LogP contribution in [0.1, 0.15) is 31.4 Å². The number of nitrogens with two attached hydrogens (primary N) is 1. The molecule has 0 spiro atoms. The topological polar surface area (TPSA) is 80.9 Å². The van der Waals surface area contributed by atoms with Gasteiger partial charge in [-0.15, -0.1) is 0 Å². The molecule has 1 aliphatic rings. The Balaban J connectivity index is 2.06. The molecule has 98 valence electrons. The van der Waals surface area contributed by atoms with Crippen LogP contribution in [-0.4, -0.2) is 21.9 Å². The van der Waals surface area contributed by atoms with Gasteiger partial charge in [0.05, 0.1) is 5.92 Å². The summed E-state index contributed by atoms with van der Waals surface area (Å²) < 4.78 is 0. The van der Waals surface area contributed by atoms with Crippen LogP contribution in [0.4, 0.5) is 5.95 Å². The zero-order chi connectivity index (χ0) is 13.1. The molecule has 0 radical (unpaired) electrons. The molecule has 2 unspecified atom stereocenters. The summed E-state index contributed by atoms with van der Waals surface area (Å²) in [7, 11) is 0. The molecule has 1 aliphatic carbocycles. The van der Waals surface area contributed by atoms with Crippen molar-refractivity contribution in [3.05, 3.63) is 16.9 Å². The molecule has 1 aromatic heterocycles. The van der Waals surface area contributed by atoms with E-state index in [2.05, 4.69) is 15.3 Å².